The first-order valence-electron chi connectivity index (χ1n) is 10.3. The topological polar surface area (TPSA) is 143 Å². The summed E-state index contributed by atoms with van der Waals surface area (Å²) in [6.45, 7) is 2.46. The van der Waals surface area contributed by atoms with Crippen LogP contribution in [0.3, 0.4) is 0 Å². The summed E-state index contributed by atoms with van der Waals surface area (Å²) in [5, 5.41) is 5.77. The van der Waals surface area contributed by atoms with Crippen LogP contribution in [0.5, 0.6) is 0 Å². The number of nitrogens with one attached hydrogen (secondary N) is 2. The van der Waals surface area contributed by atoms with Crippen LogP contribution in [-0.4, -0.2) is 42.6 Å². The Morgan fingerprint density at radius 2 is 1.94 bits per heavy atom. The Morgan fingerprint density at radius 1 is 1.23 bits per heavy atom. The molecule has 1 aromatic carbocycles. The molecular weight excluding hydrogens is 480 g/mol. The van der Waals surface area contributed by atoms with E-state index in [1.807, 2.05) is 0 Å². The van der Waals surface area contributed by atoms with Crippen LogP contribution >= 0.6 is 0 Å². The molecule has 13 heteroatoms. The summed E-state index contributed by atoms with van der Waals surface area (Å²) in [6, 6.07) is 7.99. The maximum absolute atomic E-state index is 14.3. The minimum atomic E-state index is -3.59. The number of halogens is 2. The van der Waals surface area contributed by atoms with Gasteiger partial charge in [-0.3, -0.25) is 9.10 Å². The predicted octanol–water partition coefficient (Wildman–Crippen LogP) is 3.14. The minimum absolute atomic E-state index is 0.00452. The number of benzene rings is 1. The number of nitrogens with two attached hydrogens (primary N) is 1. The number of carbonyl (C=O) groups is 1. The second kappa shape index (κ2) is 9.78. The van der Waals surface area contributed by atoms with Gasteiger partial charge in [-0.15, -0.1) is 0 Å². The Balaban J connectivity index is 1.95. The van der Waals surface area contributed by atoms with Gasteiger partial charge in [0.1, 0.15) is 11.6 Å². The molecule has 0 fully saturated rings. The summed E-state index contributed by atoms with van der Waals surface area (Å²) in [5.41, 5.74) is 6.82. The monoisotopic (exact) mass is 505 g/mol. The quantitative estimate of drug-likeness (QED) is 0.402. The molecule has 0 aliphatic carbocycles. The van der Waals surface area contributed by atoms with Gasteiger partial charge in [-0.1, -0.05) is 12.1 Å². The summed E-state index contributed by atoms with van der Waals surface area (Å²) < 4.78 is 53.5. The average molecular weight is 506 g/mol. The van der Waals surface area contributed by atoms with Gasteiger partial charge >= 0.3 is 0 Å². The second-order valence-corrected chi connectivity index (χ2v) is 9.95. The number of pyridine rings is 1. The van der Waals surface area contributed by atoms with Crippen molar-refractivity contribution in [1.82, 2.24) is 15.0 Å². The van der Waals surface area contributed by atoms with E-state index in [2.05, 4.69) is 25.6 Å². The van der Waals surface area contributed by atoms with Gasteiger partial charge < -0.3 is 16.4 Å². The van der Waals surface area contributed by atoms with Crippen LogP contribution in [0.25, 0.3) is 0 Å². The number of aromatic nitrogens is 3. The van der Waals surface area contributed by atoms with Gasteiger partial charge in [0, 0.05) is 49.7 Å². The van der Waals surface area contributed by atoms with Crippen LogP contribution < -0.4 is 20.7 Å². The van der Waals surface area contributed by atoms with E-state index in [4.69, 9.17) is 5.73 Å². The average Bonchev–Trinajstić information content (AvgIpc) is 2.77. The van der Waals surface area contributed by atoms with Crippen molar-refractivity contribution in [3.8, 4) is 0 Å². The van der Waals surface area contributed by atoms with Crippen molar-refractivity contribution in [3.63, 3.8) is 0 Å². The van der Waals surface area contributed by atoms with Gasteiger partial charge in [-0.05, 0) is 30.7 Å². The number of hydrogen-bond donors (Lipinski definition) is 3. The van der Waals surface area contributed by atoms with Gasteiger partial charge in [-0.2, -0.15) is 4.98 Å². The number of anilines is 4. The standard InChI is InChI=1S/C22H25F2N7O3S/c1-13-7-8-14(18(25)32)10-17(13)29-21-28-12-16(22(2,23)24)19(30-21)27-11-15-6-5-9-26-20(15)31(3)35(4,33)34/h5-10,12H,11H2,1-4H3,(H2,25,32)(H2,27,28,29,30). The Kier molecular flexibility index (Phi) is 7.19. The van der Waals surface area contributed by atoms with Gasteiger partial charge in [-0.25, -0.2) is 27.2 Å². The molecule has 1 amide bonds. The number of hydrogen-bond acceptors (Lipinski definition) is 8. The number of sulfonamides is 1. The maximum Gasteiger partial charge on any atom is 0.275 e. The molecule has 35 heavy (non-hydrogen) atoms. The highest BCUT2D eigenvalue weighted by molar-refractivity contribution is 7.92. The van der Waals surface area contributed by atoms with Crippen LogP contribution in [0, 0.1) is 6.92 Å². The zero-order valence-corrected chi connectivity index (χ0v) is 20.3. The van der Waals surface area contributed by atoms with Crippen LogP contribution in [-0.2, 0) is 22.5 Å². The number of amides is 1. The molecule has 0 aliphatic rings. The Labute approximate surface area is 201 Å². The number of aryl methyl sites for hydroxylation is 1. The van der Waals surface area contributed by atoms with Crippen LogP contribution in [0.15, 0.2) is 42.7 Å². The lowest BCUT2D eigenvalue weighted by Gasteiger charge is -2.20. The molecule has 3 aromatic rings. The van der Waals surface area contributed by atoms with Crippen molar-refractivity contribution in [1.29, 1.82) is 0 Å². The second-order valence-electron chi connectivity index (χ2n) is 7.93. The van der Waals surface area contributed by atoms with E-state index in [1.54, 1.807) is 31.2 Å². The Bertz CT molecular complexity index is 1360. The van der Waals surface area contributed by atoms with E-state index in [9.17, 15) is 22.0 Å². The number of nitrogens with zero attached hydrogens (tertiary/aromatic N) is 4. The summed E-state index contributed by atoms with van der Waals surface area (Å²) in [7, 11) is -2.24. The summed E-state index contributed by atoms with van der Waals surface area (Å²) in [6.07, 6.45) is 3.46. The molecule has 0 unspecified atom stereocenters. The Morgan fingerprint density at radius 3 is 2.57 bits per heavy atom. The molecule has 2 heterocycles. The SMILES string of the molecule is Cc1ccc(C(N)=O)cc1Nc1ncc(C(C)(F)F)c(NCc2cccnc2N(C)S(C)(=O)=O)n1. The van der Waals surface area contributed by atoms with Crippen molar-refractivity contribution in [2.24, 2.45) is 5.73 Å². The largest absolute Gasteiger partial charge is 0.366 e. The molecule has 0 atom stereocenters. The minimum Gasteiger partial charge on any atom is -0.366 e. The summed E-state index contributed by atoms with van der Waals surface area (Å²) >= 11 is 0. The van der Waals surface area contributed by atoms with E-state index in [0.29, 0.717) is 11.3 Å². The molecule has 2 aromatic heterocycles. The highest BCUT2D eigenvalue weighted by Crippen LogP contribution is 2.33. The highest BCUT2D eigenvalue weighted by Gasteiger charge is 2.30. The maximum atomic E-state index is 14.3. The molecule has 0 radical (unpaired) electrons. The number of alkyl halides is 2. The third-order valence-electron chi connectivity index (χ3n) is 5.14. The van der Waals surface area contributed by atoms with Crippen molar-refractivity contribution < 1.29 is 22.0 Å². The number of carbonyl (C=O) groups excluding carboxylic acids is 1. The lowest BCUT2D eigenvalue weighted by molar-refractivity contribution is 0.0176. The molecule has 10 nitrogen and oxygen atoms in total. The first-order chi connectivity index (χ1) is 16.3. The van der Waals surface area contributed by atoms with Gasteiger partial charge in [0.25, 0.3) is 5.92 Å². The molecule has 0 bridgehead atoms. The third-order valence-corrected chi connectivity index (χ3v) is 6.31. The lowest BCUT2D eigenvalue weighted by atomic mass is 10.1. The van der Waals surface area contributed by atoms with E-state index >= 15 is 0 Å². The van der Waals surface area contributed by atoms with Crippen LogP contribution in [0.2, 0.25) is 0 Å². The van der Waals surface area contributed by atoms with E-state index in [-0.39, 0.29) is 29.7 Å². The molecule has 3 rings (SSSR count). The summed E-state index contributed by atoms with van der Waals surface area (Å²) in [5.74, 6) is -3.88. The molecule has 0 aliphatic heterocycles. The summed E-state index contributed by atoms with van der Waals surface area (Å²) in [4.78, 5) is 23.8. The third kappa shape index (κ3) is 6.18. The molecule has 0 saturated carbocycles. The normalized spacial score (nSPS) is 11.7. The molecule has 0 spiro atoms. The predicted molar refractivity (Wildman–Crippen MR) is 129 cm³/mol. The fraction of sp³-hybridized carbons (Fsp3) is 0.273. The first-order valence-corrected chi connectivity index (χ1v) is 12.2. The molecule has 186 valence electrons. The van der Waals surface area contributed by atoms with Crippen LogP contribution in [0.1, 0.15) is 34.0 Å². The van der Waals surface area contributed by atoms with Crippen molar-refractivity contribution in [2.75, 3.05) is 28.2 Å². The number of primary amides is 1. The first kappa shape index (κ1) is 25.7. The van der Waals surface area contributed by atoms with E-state index in [1.165, 1.54) is 19.3 Å². The molecule has 0 saturated heterocycles. The smallest absolute Gasteiger partial charge is 0.275 e. The van der Waals surface area contributed by atoms with E-state index in [0.717, 1.165) is 29.2 Å². The van der Waals surface area contributed by atoms with Gasteiger partial charge in [0.15, 0.2) is 0 Å². The number of rotatable bonds is 9. The van der Waals surface area contributed by atoms with E-state index < -0.39 is 27.4 Å². The lowest BCUT2D eigenvalue weighted by Crippen LogP contribution is -2.27. The zero-order chi connectivity index (χ0) is 26.0. The zero-order valence-electron chi connectivity index (χ0n) is 19.5. The van der Waals surface area contributed by atoms with Crippen molar-refractivity contribution >= 4 is 39.2 Å². The highest BCUT2D eigenvalue weighted by atomic mass is 32.2. The van der Waals surface area contributed by atoms with Crippen LogP contribution in [0.4, 0.5) is 32.1 Å². The van der Waals surface area contributed by atoms with Gasteiger partial charge in [0.2, 0.25) is 21.9 Å². The van der Waals surface area contributed by atoms with Crippen molar-refractivity contribution in [2.45, 2.75) is 26.3 Å². The van der Waals surface area contributed by atoms with Crippen molar-refractivity contribution in [3.05, 3.63) is 65.0 Å². The molecule has 4 N–H and O–H groups in total. The van der Waals surface area contributed by atoms with Gasteiger partial charge in [0.05, 0.1) is 11.8 Å². The molecular formula is C22H25F2N7O3S. The fourth-order valence-corrected chi connectivity index (χ4v) is 3.59. The fourth-order valence-electron chi connectivity index (χ4n) is 3.12. The Hall–Kier alpha value is -3.87.